The minimum Gasteiger partial charge on any atom is -0.309 e. The average Bonchev–Trinajstić information content (AvgIpc) is 3.84. The highest BCUT2D eigenvalue weighted by atomic mass is 15.0. The quantitative estimate of drug-likeness (QED) is 0.161. The number of nitrogens with zero attached hydrogens (tertiary/aromatic N) is 2. The molecule has 0 aliphatic carbocycles. The van der Waals surface area contributed by atoms with Crippen molar-refractivity contribution < 1.29 is 0 Å². The number of aryl methyl sites for hydroxylation is 2. The van der Waals surface area contributed by atoms with Crippen molar-refractivity contribution in [1.82, 2.24) is 9.13 Å². The topological polar surface area (TPSA) is 9.86 Å². The molecule has 11 aromatic rings. The molecule has 2 nitrogen and oxygen atoms in total. The molecule has 0 N–H and O–H groups in total. The summed E-state index contributed by atoms with van der Waals surface area (Å²) >= 11 is 0. The van der Waals surface area contributed by atoms with E-state index in [2.05, 4.69) is 229 Å². The van der Waals surface area contributed by atoms with Gasteiger partial charge < -0.3 is 9.13 Å². The summed E-state index contributed by atoms with van der Waals surface area (Å²) in [6, 6.07) is 75.0. The van der Waals surface area contributed by atoms with Crippen molar-refractivity contribution in [2.45, 2.75) is 13.8 Å². The zero-order valence-electron chi connectivity index (χ0n) is 32.5. The standard InChI is InChI=1S/C56H40N2/c1-37-53-49-23-9-11-25-51(49)58(48-22-14-20-46(36-48)44-33-29-42(30-34-44)40-17-7-4-8-18-40)56(53)38(2)54-50-24-10-12-26-52(50)57(55(37)54)47-21-13-19-45(35-47)43-31-27-41(28-32-43)39-15-5-3-6-16-39/h3-36H,1-2H3. The maximum Gasteiger partial charge on any atom is 0.0580 e. The number of benzene rings is 9. The van der Waals surface area contributed by atoms with Gasteiger partial charge in [0.05, 0.1) is 22.1 Å². The molecular weight excluding hydrogens is 701 g/mol. The molecule has 9 aromatic carbocycles. The van der Waals surface area contributed by atoms with Crippen LogP contribution in [0.3, 0.4) is 0 Å². The second-order valence-electron chi connectivity index (χ2n) is 15.4. The number of hydrogen-bond acceptors (Lipinski definition) is 0. The molecule has 0 saturated carbocycles. The van der Waals surface area contributed by atoms with E-state index >= 15 is 0 Å². The van der Waals surface area contributed by atoms with Gasteiger partial charge in [-0.25, -0.2) is 0 Å². The molecule has 2 aromatic heterocycles. The van der Waals surface area contributed by atoms with E-state index in [0.717, 1.165) is 11.4 Å². The van der Waals surface area contributed by atoms with Gasteiger partial charge in [-0.3, -0.25) is 0 Å². The first-order chi connectivity index (χ1) is 28.6. The van der Waals surface area contributed by atoms with Crippen LogP contribution in [0, 0.1) is 13.8 Å². The van der Waals surface area contributed by atoms with E-state index in [1.165, 1.54) is 99.2 Å². The lowest BCUT2D eigenvalue weighted by atomic mass is 9.98. The molecule has 0 aliphatic heterocycles. The van der Waals surface area contributed by atoms with Crippen LogP contribution in [0.2, 0.25) is 0 Å². The molecule has 274 valence electrons. The first-order valence-corrected chi connectivity index (χ1v) is 20.1. The Labute approximate surface area is 338 Å². The Morgan fingerprint density at radius 1 is 0.276 bits per heavy atom. The Kier molecular flexibility index (Phi) is 7.97. The summed E-state index contributed by atoms with van der Waals surface area (Å²) in [4.78, 5) is 0. The molecule has 0 atom stereocenters. The van der Waals surface area contributed by atoms with Gasteiger partial charge in [0.15, 0.2) is 0 Å². The molecular formula is C56H40N2. The van der Waals surface area contributed by atoms with Crippen LogP contribution in [0.1, 0.15) is 11.1 Å². The summed E-state index contributed by atoms with van der Waals surface area (Å²) in [5.74, 6) is 0. The lowest BCUT2D eigenvalue weighted by molar-refractivity contribution is 1.16. The van der Waals surface area contributed by atoms with Crippen molar-refractivity contribution in [2.75, 3.05) is 0 Å². The molecule has 0 saturated heterocycles. The lowest BCUT2D eigenvalue weighted by Crippen LogP contribution is -1.99. The van der Waals surface area contributed by atoms with Crippen LogP contribution in [-0.2, 0) is 0 Å². The minimum atomic E-state index is 1.16. The second kappa shape index (κ2) is 13.7. The monoisotopic (exact) mass is 740 g/mol. The molecule has 0 radical (unpaired) electrons. The van der Waals surface area contributed by atoms with Crippen LogP contribution in [0.25, 0.3) is 99.5 Å². The second-order valence-corrected chi connectivity index (χ2v) is 15.4. The summed E-state index contributed by atoms with van der Waals surface area (Å²) in [5.41, 5.74) is 19.5. The van der Waals surface area contributed by atoms with Crippen LogP contribution in [-0.4, -0.2) is 9.13 Å². The van der Waals surface area contributed by atoms with E-state index in [4.69, 9.17) is 0 Å². The zero-order valence-corrected chi connectivity index (χ0v) is 32.5. The van der Waals surface area contributed by atoms with Crippen molar-refractivity contribution in [1.29, 1.82) is 0 Å². The normalized spacial score (nSPS) is 11.6. The number of aromatic nitrogens is 2. The van der Waals surface area contributed by atoms with Gasteiger partial charge in [-0.15, -0.1) is 0 Å². The molecule has 2 heterocycles. The lowest BCUT2D eigenvalue weighted by Gasteiger charge is -2.15. The molecule has 0 bridgehead atoms. The Morgan fingerprint density at radius 3 is 0.983 bits per heavy atom. The highest BCUT2D eigenvalue weighted by molar-refractivity contribution is 6.23. The molecule has 11 rings (SSSR count). The smallest absolute Gasteiger partial charge is 0.0580 e. The Balaban J connectivity index is 1.09. The number of rotatable bonds is 6. The third-order valence-electron chi connectivity index (χ3n) is 12.1. The third-order valence-corrected chi connectivity index (χ3v) is 12.1. The van der Waals surface area contributed by atoms with Gasteiger partial charge in [-0.05, 0) is 106 Å². The van der Waals surface area contributed by atoms with Gasteiger partial charge in [-0.2, -0.15) is 0 Å². The molecule has 0 amide bonds. The van der Waals surface area contributed by atoms with Crippen LogP contribution in [0.4, 0.5) is 0 Å². The van der Waals surface area contributed by atoms with Gasteiger partial charge in [-0.1, -0.05) is 170 Å². The fourth-order valence-electron chi connectivity index (χ4n) is 9.34. The SMILES string of the molecule is Cc1c2c3ccccc3n(-c3cccc(-c4ccc(-c5ccccc5)cc4)c3)c2c(C)c2c3ccccc3n(-c3cccc(-c4ccc(-c5ccccc5)cc4)c3)c12. The van der Waals surface area contributed by atoms with Crippen LogP contribution >= 0.6 is 0 Å². The molecule has 0 fully saturated rings. The van der Waals surface area contributed by atoms with Crippen LogP contribution in [0.15, 0.2) is 206 Å². The van der Waals surface area contributed by atoms with E-state index in [9.17, 15) is 0 Å². The maximum absolute atomic E-state index is 2.50. The van der Waals surface area contributed by atoms with Gasteiger partial charge in [0.25, 0.3) is 0 Å². The molecule has 2 heteroatoms. The van der Waals surface area contributed by atoms with E-state index in [0.29, 0.717) is 0 Å². The number of fused-ring (bicyclic) bond motifs is 6. The fraction of sp³-hybridized carbons (Fsp3) is 0.0357. The Hall–Kier alpha value is -7.42. The van der Waals surface area contributed by atoms with Gasteiger partial charge in [0, 0.05) is 32.9 Å². The maximum atomic E-state index is 2.50. The summed E-state index contributed by atoms with van der Waals surface area (Å²) in [6.07, 6.45) is 0. The molecule has 0 spiro atoms. The van der Waals surface area contributed by atoms with Crippen molar-refractivity contribution in [3.05, 3.63) is 217 Å². The molecule has 0 unspecified atom stereocenters. The number of para-hydroxylation sites is 2. The predicted molar refractivity (Wildman–Crippen MR) is 246 cm³/mol. The van der Waals surface area contributed by atoms with E-state index in [1.807, 2.05) is 0 Å². The average molecular weight is 741 g/mol. The predicted octanol–water partition coefficient (Wildman–Crippen LogP) is 15.2. The van der Waals surface area contributed by atoms with Crippen LogP contribution < -0.4 is 0 Å². The van der Waals surface area contributed by atoms with Crippen molar-refractivity contribution in [2.24, 2.45) is 0 Å². The Bertz CT molecular complexity index is 3080. The third kappa shape index (κ3) is 5.41. The van der Waals surface area contributed by atoms with E-state index < -0.39 is 0 Å². The van der Waals surface area contributed by atoms with Crippen molar-refractivity contribution in [3.63, 3.8) is 0 Å². The summed E-state index contributed by atoms with van der Waals surface area (Å²) in [5, 5.41) is 5.13. The fourth-order valence-corrected chi connectivity index (χ4v) is 9.34. The van der Waals surface area contributed by atoms with Crippen molar-refractivity contribution >= 4 is 43.6 Å². The van der Waals surface area contributed by atoms with Crippen LogP contribution in [0.5, 0.6) is 0 Å². The van der Waals surface area contributed by atoms with Gasteiger partial charge >= 0.3 is 0 Å². The molecule has 0 aliphatic rings. The minimum absolute atomic E-state index is 1.16. The first kappa shape index (κ1) is 33.9. The highest BCUT2D eigenvalue weighted by Gasteiger charge is 2.24. The summed E-state index contributed by atoms with van der Waals surface area (Å²) < 4.78 is 5.00. The summed E-state index contributed by atoms with van der Waals surface area (Å²) in [6.45, 7) is 4.65. The zero-order chi connectivity index (χ0) is 38.7. The van der Waals surface area contributed by atoms with E-state index in [-0.39, 0.29) is 0 Å². The van der Waals surface area contributed by atoms with E-state index in [1.54, 1.807) is 0 Å². The Morgan fingerprint density at radius 2 is 0.586 bits per heavy atom. The highest BCUT2D eigenvalue weighted by Crippen LogP contribution is 2.45. The first-order valence-electron chi connectivity index (χ1n) is 20.1. The van der Waals surface area contributed by atoms with Gasteiger partial charge in [0.2, 0.25) is 0 Å². The molecule has 58 heavy (non-hydrogen) atoms. The van der Waals surface area contributed by atoms with Crippen molar-refractivity contribution in [3.8, 4) is 55.9 Å². The number of hydrogen-bond donors (Lipinski definition) is 0. The summed E-state index contributed by atoms with van der Waals surface area (Å²) in [7, 11) is 0. The van der Waals surface area contributed by atoms with Gasteiger partial charge in [0.1, 0.15) is 0 Å². The largest absolute Gasteiger partial charge is 0.309 e.